The van der Waals surface area contributed by atoms with Crippen molar-refractivity contribution in [1.29, 1.82) is 0 Å². The fourth-order valence-corrected chi connectivity index (χ4v) is 3.65. The van der Waals surface area contributed by atoms with E-state index in [9.17, 15) is 9.59 Å². The number of rotatable bonds is 7. The van der Waals surface area contributed by atoms with Crippen molar-refractivity contribution in [3.8, 4) is 0 Å². The number of nitrogens with zero attached hydrogens (tertiary/aromatic N) is 4. The van der Waals surface area contributed by atoms with E-state index in [1.807, 2.05) is 63.4 Å². The molecule has 7 nitrogen and oxygen atoms in total. The Hall–Kier alpha value is -2.96. The van der Waals surface area contributed by atoms with Crippen LogP contribution in [-0.2, 0) is 16.0 Å². The summed E-state index contributed by atoms with van der Waals surface area (Å²) in [6.07, 6.45) is 0.899. The number of aromatic nitrogens is 3. The Morgan fingerprint density at radius 1 is 1.21 bits per heavy atom. The van der Waals surface area contributed by atoms with Crippen molar-refractivity contribution >= 4 is 28.4 Å². The van der Waals surface area contributed by atoms with E-state index < -0.39 is 0 Å². The van der Waals surface area contributed by atoms with Gasteiger partial charge in [-0.2, -0.15) is 5.10 Å². The summed E-state index contributed by atoms with van der Waals surface area (Å²) in [6.45, 7) is 10.3. The highest BCUT2D eigenvalue weighted by molar-refractivity contribution is 5.92. The lowest BCUT2D eigenvalue weighted by atomic mass is 10.1. The van der Waals surface area contributed by atoms with Crippen molar-refractivity contribution in [3.05, 3.63) is 41.2 Å². The lowest BCUT2D eigenvalue weighted by Crippen LogP contribution is -2.42. The molecule has 2 amide bonds. The van der Waals surface area contributed by atoms with Crippen LogP contribution in [0.25, 0.3) is 16.6 Å². The number of benzene rings is 1. The minimum Gasteiger partial charge on any atom is -0.352 e. The van der Waals surface area contributed by atoms with Crippen LogP contribution in [0.1, 0.15) is 44.1 Å². The molecule has 2 aromatic heterocycles. The normalized spacial score (nSPS) is 11.4. The van der Waals surface area contributed by atoms with Gasteiger partial charge in [-0.1, -0.05) is 12.1 Å². The molecule has 1 N–H and O–H groups in total. The highest BCUT2D eigenvalue weighted by atomic mass is 16.2. The first-order valence-electron chi connectivity index (χ1n) is 10.1. The van der Waals surface area contributed by atoms with Crippen molar-refractivity contribution in [2.75, 3.05) is 13.1 Å². The molecule has 0 aliphatic heterocycles. The first kappa shape index (κ1) is 20.8. The molecule has 0 bridgehead atoms. The van der Waals surface area contributed by atoms with Crippen molar-refractivity contribution in [3.63, 3.8) is 0 Å². The summed E-state index contributed by atoms with van der Waals surface area (Å²) in [4.78, 5) is 31.1. The molecule has 0 unspecified atom stereocenters. The summed E-state index contributed by atoms with van der Waals surface area (Å²) in [5, 5.41) is 8.52. The van der Waals surface area contributed by atoms with Crippen molar-refractivity contribution in [2.24, 2.45) is 0 Å². The average molecular weight is 396 g/mol. The fraction of sp³-hybridized carbons (Fsp3) is 0.455. The zero-order valence-corrected chi connectivity index (χ0v) is 17.8. The lowest BCUT2D eigenvalue weighted by molar-refractivity contribution is -0.136. The van der Waals surface area contributed by atoms with Crippen LogP contribution in [0.4, 0.5) is 0 Å². The van der Waals surface area contributed by atoms with E-state index in [1.54, 1.807) is 4.90 Å². The van der Waals surface area contributed by atoms with E-state index in [2.05, 4.69) is 10.4 Å². The summed E-state index contributed by atoms with van der Waals surface area (Å²) in [5.74, 6) is -0.162. The first-order valence-corrected chi connectivity index (χ1v) is 10.1. The van der Waals surface area contributed by atoms with E-state index >= 15 is 0 Å². The second kappa shape index (κ2) is 8.59. The quantitative estimate of drug-likeness (QED) is 0.667. The molecule has 0 saturated carbocycles. The van der Waals surface area contributed by atoms with Gasteiger partial charge in [0.05, 0.1) is 12.1 Å². The largest absolute Gasteiger partial charge is 0.352 e. The average Bonchev–Trinajstić information content (AvgIpc) is 3.04. The molecule has 1 aromatic carbocycles. The molecule has 0 saturated heterocycles. The number of carbonyl (C=O) groups excluding carboxylic acids is 2. The molecule has 29 heavy (non-hydrogen) atoms. The Labute approximate surface area is 171 Å². The van der Waals surface area contributed by atoms with Crippen LogP contribution in [0.5, 0.6) is 0 Å². The predicted molar refractivity (Wildman–Crippen MR) is 114 cm³/mol. The third-order valence-electron chi connectivity index (χ3n) is 5.13. The molecule has 0 aliphatic carbocycles. The van der Waals surface area contributed by atoms with Gasteiger partial charge in [0.15, 0.2) is 5.65 Å². The number of nitrogens with one attached hydrogen (secondary N) is 1. The summed E-state index contributed by atoms with van der Waals surface area (Å²) >= 11 is 0. The molecular weight excluding hydrogens is 366 g/mol. The highest BCUT2D eigenvalue weighted by Crippen LogP contribution is 2.23. The SMILES string of the molecule is CCN(CC(=O)NC(C)C)C(=O)CCc1c(C)nc2c3ccccc3nn2c1C. The van der Waals surface area contributed by atoms with Crippen LogP contribution in [0.15, 0.2) is 24.3 Å². The molecule has 0 atom stereocenters. The maximum atomic E-state index is 12.7. The van der Waals surface area contributed by atoms with Crippen LogP contribution in [-0.4, -0.2) is 50.4 Å². The molecule has 3 aromatic rings. The van der Waals surface area contributed by atoms with E-state index in [0.717, 1.165) is 33.5 Å². The second-order valence-electron chi connectivity index (χ2n) is 7.64. The minimum atomic E-state index is -0.131. The van der Waals surface area contributed by atoms with Crippen LogP contribution in [0.2, 0.25) is 0 Å². The topological polar surface area (TPSA) is 79.6 Å². The Kier molecular flexibility index (Phi) is 6.15. The van der Waals surface area contributed by atoms with E-state index in [0.29, 0.717) is 19.4 Å². The standard InChI is InChI=1S/C22H29N5O2/c1-6-26(13-20(28)23-14(2)3)21(29)12-11-17-15(4)24-22-18-9-7-8-10-19(18)25-27(22)16(17)5/h7-10,14H,6,11-13H2,1-5H3,(H,23,28). The number of aryl methyl sites for hydroxylation is 2. The Morgan fingerprint density at radius 2 is 1.93 bits per heavy atom. The number of likely N-dealkylation sites (N-methyl/N-ethyl adjacent to an activating group) is 1. The van der Waals surface area contributed by atoms with Gasteiger partial charge in [-0.3, -0.25) is 9.59 Å². The Bertz CT molecular complexity index is 1050. The third-order valence-corrected chi connectivity index (χ3v) is 5.13. The van der Waals surface area contributed by atoms with Crippen LogP contribution < -0.4 is 5.32 Å². The van der Waals surface area contributed by atoms with E-state index in [4.69, 9.17) is 4.98 Å². The zero-order valence-electron chi connectivity index (χ0n) is 17.8. The molecular formula is C22H29N5O2. The third kappa shape index (κ3) is 4.39. The molecule has 7 heteroatoms. The summed E-state index contributed by atoms with van der Waals surface area (Å²) < 4.78 is 1.87. The minimum absolute atomic E-state index is 0.0315. The molecule has 0 radical (unpaired) electrons. The number of amides is 2. The summed E-state index contributed by atoms with van der Waals surface area (Å²) in [6, 6.07) is 8.00. The van der Waals surface area contributed by atoms with Gasteiger partial charge in [0.25, 0.3) is 0 Å². The number of hydrogen-bond acceptors (Lipinski definition) is 4. The van der Waals surface area contributed by atoms with Crippen LogP contribution in [0, 0.1) is 13.8 Å². The zero-order chi connectivity index (χ0) is 21.1. The number of carbonyl (C=O) groups is 2. The summed E-state index contributed by atoms with van der Waals surface area (Å²) in [5.41, 5.74) is 4.68. The van der Waals surface area contributed by atoms with Crippen molar-refractivity contribution in [2.45, 2.75) is 53.5 Å². The molecule has 0 aliphatic rings. The van der Waals surface area contributed by atoms with Gasteiger partial charge in [0.1, 0.15) is 0 Å². The van der Waals surface area contributed by atoms with Gasteiger partial charge in [0.2, 0.25) is 11.8 Å². The summed E-state index contributed by atoms with van der Waals surface area (Å²) in [7, 11) is 0. The second-order valence-corrected chi connectivity index (χ2v) is 7.64. The lowest BCUT2D eigenvalue weighted by Gasteiger charge is -2.21. The monoisotopic (exact) mass is 395 g/mol. The van der Waals surface area contributed by atoms with E-state index in [1.165, 1.54) is 0 Å². The van der Waals surface area contributed by atoms with E-state index in [-0.39, 0.29) is 24.4 Å². The maximum Gasteiger partial charge on any atom is 0.239 e. The fourth-order valence-electron chi connectivity index (χ4n) is 3.65. The molecule has 0 spiro atoms. The van der Waals surface area contributed by atoms with Crippen molar-refractivity contribution in [1.82, 2.24) is 24.8 Å². The number of fused-ring (bicyclic) bond motifs is 3. The Morgan fingerprint density at radius 3 is 2.62 bits per heavy atom. The first-order chi connectivity index (χ1) is 13.8. The van der Waals surface area contributed by atoms with Gasteiger partial charge in [-0.25, -0.2) is 9.50 Å². The van der Waals surface area contributed by atoms with Gasteiger partial charge < -0.3 is 10.2 Å². The molecule has 0 fully saturated rings. The molecule has 3 rings (SSSR count). The maximum absolute atomic E-state index is 12.7. The smallest absolute Gasteiger partial charge is 0.239 e. The van der Waals surface area contributed by atoms with Gasteiger partial charge >= 0.3 is 0 Å². The number of hydrogen-bond donors (Lipinski definition) is 1. The van der Waals surface area contributed by atoms with Crippen LogP contribution >= 0.6 is 0 Å². The predicted octanol–water partition coefficient (Wildman–Crippen LogP) is 2.81. The van der Waals surface area contributed by atoms with Crippen molar-refractivity contribution < 1.29 is 9.59 Å². The van der Waals surface area contributed by atoms with Gasteiger partial charge in [-0.15, -0.1) is 0 Å². The van der Waals surface area contributed by atoms with Gasteiger partial charge in [-0.05, 0) is 58.7 Å². The Balaban J connectivity index is 1.78. The molecule has 2 heterocycles. The van der Waals surface area contributed by atoms with Crippen LogP contribution in [0.3, 0.4) is 0 Å². The van der Waals surface area contributed by atoms with Gasteiger partial charge in [0, 0.05) is 35.8 Å². The highest BCUT2D eigenvalue weighted by Gasteiger charge is 2.19. The molecule has 154 valence electrons.